The minimum absolute atomic E-state index is 0.0279. The number of carbonyl (C=O) groups excluding carboxylic acids is 2. The molecule has 39 heavy (non-hydrogen) atoms. The lowest BCUT2D eigenvalue weighted by molar-refractivity contribution is -0.111. The van der Waals surface area contributed by atoms with Crippen LogP contribution in [0.3, 0.4) is 0 Å². The third kappa shape index (κ3) is 6.71. The van der Waals surface area contributed by atoms with Gasteiger partial charge in [0.15, 0.2) is 11.5 Å². The number of rotatable bonds is 10. The smallest absolute Gasteiger partial charge is 0.271 e. The molecule has 10 nitrogen and oxygen atoms in total. The van der Waals surface area contributed by atoms with E-state index in [0.717, 1.165) is 37.4 Å². The van der Waals surface area contributed by atoms with E-state index >= 15 is 0 Å². The van der Waals surface area contributed by atoms with E-state index < -0.39 is 5.91 Å². The van der Waals surface area contributed by atoms with Crippen molar-refractivity contribution in [1.82, 2.24) is 14.9 Å². The highest BCUT2D eigenvalue weighted by molar-refractivity contribution is 5.99. The Morgan fingerprint density at radius 2 is 1.90 bits per heavy atom. The Balaban J connectivity index is 1.57. The van der Waals surface area contributed by atoms with Crippen molar-refractivity contribution in [2.45, 2.75) is 32.7 Å². The Kier molecular flexibility index (Phi) is 8.77. The molecule has 0 bridgehead atoms. The zero-order valence-corrected chi connectivity index (χ0v) is 22.6. The molecule has 10 heteroatoms. The molecule has 1 aliphatic heterocycles. The van der Waals surface area contributed by atoms with Crippen LogP contribution in [0.15, 0.2) is 61.2 Å². The number of hydrogen-bond donors (Lipinski definition) is 3. The minimum atomic E-state index is -0.694. The molecule has 1 saturated heterocycles. The molecule has 1 aromatic heterocycles. The van der Waals surface area contributed by atoms with Crippen LogP contribution in [0, 0.1) is 0 Å². The number of aromatic nitrogens is 2. The summed E-state index contributed by atoms with van der Waals surface area (Å²) in [5.74, 6) is -0.149. The normalized spacial score (nSPS) is 15.5. The summed E-state index contributed by atoms with van der Waals surface area (Å²) in [5.41, 5.74) is 8.58. The van der Waals surface area contributed by atoms with E-state index in [2.05, 4.69) is 63.1 Å². The van der Waals surface area contributed by atoms with Crippen LogP contribution < -0.4 is 26.0 Å². The van der Waals surface area contributed by atoms with E-state index in [1.807, 2.05) is 19.1 Å². The number of hydrogen-bond acceptors (Lipinski definition) is 8. The van der Waals surface area contributed by atoms with Gasteiger partial charge in [-0.2, -0.15) is 4.98 Å². The molecule has 0 unspecified atom stereocenters. The molecule has 4 rings (SSSR count). The van der Waals surface area contributed by atoms with Crippen LogP contribution in [0.5, 0.6) is 11.6 Å². The molecule has 1 atom stereocenters. The molecule has 4 N–H and O–H groups in total. The Labute approximate surface area is 228 Å². The fourth-order valence-electron chi connectivity index (χ4n) is 4.48. The van der Waals surface area contributed by atoms with E-state index in [1.54, 1.807) is 24.3 Å². The third-order valence-corrected chi connectivity index (χ3v) is 6.74. The number of nitrogens with one attached hydrogen (secondary N) is 2. The molecule has 2 amide bonds. The van der Waals surface area contributed by atoms with Crippen LogP contribution in [0.4, 0.5) is 22.9 Å². The van der Waals surface area contributed by atoms with Crippen molar-refractivity contribution in [2.24, 2.45) is 5.73 Å². The van der Waals surface area contributed by atoms with Gasteiger partial charge in [-0.15, -0.1) is 0 Å². The van der Waals surface area contributed by atoms with Gasteiger partial charge in [0, 0.05) is 48.8 Å². The first-order valence-corrected chi connectivity index (χ1v) is 13.1. The number of aryl methyl sites for hydroxylation is 1. The number of nitrogens with two attached hydrogens (primary N) is 1. The maximum atomic E-state index is 12.3. The van der Waals surface area contributed by atoms with Crippen molar-refractivity contribution >= 4 is 34.7 Å². The van der Waals surface area contributed by atoms with Crippen molar-refractivity contribution < 1.29 is 14.3 Å². The topological polar surface area (TPSA) is 126 Å². The predicted octanol–water partition coefficient (Wildman–Crippen LogP) is 4.33. The van der Waals surface area contributed by atoms with E-state index in [-0.39, 0.29) is 23.3 Å². The van der Waals surface area contributed by atoms with Crippen molar-refractivity contribution in [2.75, 3.05) is 42.2 Å². The monoisotopic (exact) mass is 529 g/mol. The van der Waals surface area contributed by atoms with Gasteiger partial charge >= 0.3 is 0 Å². The Hall–Kier alpha value is -4.44. The first kappa shape index (κ1) is 27.6. The first-order chi connectivity index (χ1) is 18.8. The molecule has 1 aliphatic rings. The zero-order valence-electron chi connectivity index (χ0n) is 22.6. The van der Waals surface area contributed by atoms with E-state index in [1.165, 1.54) is 6.08 Å². The number of carbonyl (C=O) groups is 2. The van der Waals surface area contributed by atoms with Gasteiger partial charge in [0.2, 0.25) is 11.8 Å². The number of likely N-dealkylation sites (N-methyl/N-ethyl adjacent to an activating group) is 1. The summed E-state index contributed by atoms with van der Waals surface area (Å²) in [4.78, 5) is 37.8. The maximum absolute atomic E-state index is 12.3. The van der Waals surface area contributed by atoms with Crippen molar-refractivity contribution in [3.63, 3.8) is 0 Å². The van der Waals surface area contributed by atoms with Crippen LogP contribution in [0.1, 0.15) is 36.5 Å². The largest absolute Gasteiger partial charge is 0.437 e. The molecular weight excluding hydrogens is 494 g/mol. The van der Waals surface area contributed by atoms with Gasteiger partial charge in [0.1, 0.15) is 11.4 Å². The van der Waals surface area contributed by atoms with Gasteiger partial charge < -0.3 is 26.0 Å². The molecule has 0 spiro atoms. The molecule has 2 aromatic carbocycles. The van der Waals surface area contributed by atoms with E-state index in [9.17, 15) is 9.59 Å². The summed E-state index contributed by atoms with van der Waals surface area (Å²) < 4.78 is 6.04. The first-order valence-electron chi connectivity index (χ1n) is 13.1. The molecule has 2 heterocycles. The van der Waals surface area contributed by atoms with Crippen LogP contribution in [0.25, 0.3) is 0 Å². The number of ether oxygens (including phenoxy) is 1. The van der Waals surface area contributed by atoms with Crippen LogP contribution in [-0.2, 0) is 11.2 Å². The SMILES string of the molecule is C=CC(=O)Nc1cccc(Oc2nc(Nc3ccc(N4CCN(C)[C@@H](CC)C4)cc3)c(C(N)=O)nc2CC)c1. The average molecular weight is 530 g/mol. The highest BCUT2D eigenvalue weighted by Crippen LogP contribution is 2.30. The zero-order chi connectivity index (χ0) is 27.9. The van der Waals surface area contributed by atoms with E-state index in [0.29, 0.717) is 29.6 Å². The fourth-order valence-corrected chi connectivity index (χ4v) is 4.48. The van der Waals surface area contributed by atoms with Gasteiger partial charge in [-0.3, -0.25) is 14.5 Å². The molecule has 3 aromatic rings. The molecule has 204 valence electrons. The summed E-state index contributed by atoms with van der Waals surface area (Å²) in [5, 5.41) is 5.88. The van der Waals surface area contributed by atoms with Crippen LogP contribution in [0.2, 0.25) is 0 Å². The fraction of sp³-hybridized carbons (Fsp3) is 0.310. The van der Waals surface area contributed by atoms with Crippen molar-refractivity contribution in [3.05, 3.63) is 72.6 Å². The quantitative estimate of drug-likeness (QED) is 0.332. The lowest BCUT2D eigenvalue weighted by Gasteiger charge is -2.40. The number of nitrogens with zero attached hydrogens (tertiary/aromatic N) is 4. The number of amides is 2. The van der Waals surface area contributed by atoms with Gasteiger partial charge in [-0.1, -0.05) is 26.5 Å². The average Bonchev–Trinajstić information content (AvgIpc) is 2.94. The molecule has 1 fully saturated rings. The second-order valence-electron chi connectivity index (χ2n) is 9.37. The van der Waals surface area contributed by atoms with Gasteiger partial charge in [0.05, 0.1) is 0 Å². The number of primary amides is 1. The summed E-state index contributed by atoms with van der Waals surface area (Å²) in [6, 6.07) is 15.4. The number of piperazine rings is 1. The highest BCUT2D eigenvalue weighted by atomic mass is 16.5. The maximum Gasteiger partial charge on any atom is 0.271 e. The Bertz CT molecular complexity index is 1340. The Morgan fingerprint density at radius 1 is 1.13 bits per heavy atom. The summed E-state index contributed by atoms with van der Waals surface area (Å²) in [7, 11) is 2.18. The molecule has 0 aliphatic carbocycles. The van der Waals surface area contributed by atoms with Crippen molar-refractivity contribution in [1.29, 1.82) is 0 Å². The van der Waals surface area contributed by atoms with Crippen molar-refractivity contribution in [3.8, 4) is 11.6 Å². The van der Waals surface area contributed by atoms with Gasteiger partial charge in [-0.05, 0) is 62.4 Å². The standard InChI is InChI=1S/C29H35N7O3/c1-5-21-18-36(16-15-35(21)4)22-13-11-19(12-14-22)32-28-26(27(30)38)33-24(6-2)29(34-28)39-23-10-8-9-20(17-23)31-25(37)7-3/h7-14,17,21H,3,5-6,15-16,18H2,1-2,4H3,(H2,30,38)(H,31,37)(H,32,34)/t21-/m0/s1. The predicted molar refractivity (Wildman–Crippen MR) is 154 cm³/mol. The number of benzene rings is 2. The Morgan fingerprint density at radius 3 is 2.56 bits per heavy atom. The number of anilines is 4. The second kappa shape index (κ2) is 12.4. The van der Waals surface area contributed by atoms with E-state index in [4.69, 9.17) is 10.5 Å². The molecule has 0 saturated carbocycles. The van der Waals surface area contributed by atoms with Gasteiger partial charge in [0.25, 0.3) is 5.91 Å². The molecular formula is C29H35N7O3. The lowest BCUT2D eigenvalue weighted by atomic mass is 10.1. The molecule has 0 radical (unpaired) electrons. The minimum Gasteiger partial charge on any atom is -0.437 e. The lowest BCUT2D eigenvalue weighted by Crippen LogP contribution is -2.51. The second-order valence-corrected chi connectivity index (χ2v) is 9.37. The summed E-state index contributed by atoms with van der Waals surface area (Å²) >= 11 is 0. The van der Waals surface area contributed by atoms with Crippen LogP contribution >= 0.6 is 0 Å². The third-order valence-electron chi connectivity index (χ3n) is 6.74. The van der Waals surface area contributed by atoms with Gasteiger partial charge in [-0.25, -0.2) is 4.98 Å². The summed E-state index contributed by atoms with van der Waals surface area (Å²) in [6.07, 6.45) is 2.76. The highest BCUT2D eigenvalue weighted by Gasteiger charge is 2.23. The summed E-state index contributed by atoms with van der Waals surface area (Å²) in [6.45, 7) is 10.5. The van der Waals surface area contributed by atoms with Crippen LogP contribution in [-0.4, -0.2) is 59.4 Å².